The average molecular weight is 337 g/mol. The topological polar surface area (TPSA) is 59.2 Å². The van der Waals surface area contributed by atoms with Crippen molar-refractivity contribution in [2.45, 2.75) is 57.9 Å². The fraction of sp³-hybridized carbons (Fsp3) is 0.524. The molecule has 1 aliphatic carbocycles. The molecule has 4 nitrogen and oxygen atoms in total. The maximum absolute atomic E-state index is 13.4. The van der Waals surface area contributed by atoms with Gasteiger partial charge in [0.25, 0.3) is 5.91 Å². The van der Waals surface area contributed by atoms with E-state index >= 15 is 0 Å². The van der Waals surface area contributed by atoms with Crippen molar-refractivity contribution in [2.24, 2.45) is 5.73 Å². The molecule has 1 aromatic carbocycles. The normalized spacial score (nSPS) is 20.9. The summed E-state index contributed by atoms with van der Waals surface area (Å²) >= 11 is 0. The van der Waals surface area contributed by atoms with E-state index in [0.717, 1.165) is 53.5 Å². The van der Waals surface area contributed by atoms with E-state index in [0.29, 0.717) is 12.5 Å². The number of aryl methyl sites for hydroxylation is 2. The molecule has 1 saturated heterocycles. The second kappa shape index (κ2) is 6.41. The lowest BCUT2D eigenvalue weighted by Gasteiger charge is -2.35. The molecule has 4 heteroatoms. The summed E-state index contributed by atoms with van der Waals surface area (Å²) in [6, 6.07) is 6.49. The number of carbonyl (C=O) groups excluding carboxylic acids is 1. The Hall–Kier alpha value is -1.94. The Kier molecular flexibility index (Phi) is 4.24. The molecule has 132 valence electrons. The number of hydrogen-bond donors (Lipinski definition) is 1. The Morgan fingerprint density at radius 1 is 1.20 bits per heavy atom. The molecule has 4 rings (SSSR count). The van der Waals surface area contributed by atoms with Crippen molar-refractivity contribution in [3.63, 3.8) is 0 Å². The number of carbonyl (C=O) groups is 1. The van der Waals surface area contributed by atoms with Crippen molar-refractivity contribution in [3.8, 4) is 0 Å². The summed E-state index contributed by atoms with van der Waals surface area (Å²) < 4.78 is 0. The first-order chi connectivity index (χ1) is 12.1. The summed E-state index contributed by atoms with van der Waals surface area (Å²) in [6.45, 7) is 5.53. The van der Waals surface area contributed by atoms with Crippen LogP contribution >= 0.6 is 0 Å². The van der Waals surface area contributed by atoms with Crippen LogP contribution in [0.25, 0.3) is 10.9 Å². The summed E-state index contributed by atoms with van der Waals surface area (Å²) in [6.07, 6.45) is 5.62. The van der Waals surface area contributed by atoms with Gasteiger partial charge in [0.15, 0.2) is 0 Å². The Labute approximate surface area is 149 Å². The minimum Gasteiger partial charge on any atom is -0.334 e. The van der Waals surface area contributed by atoms with E-state index in [9.17, 15) is 4.79 Å². The van der Waals surface area contributed by atoms with Gasteiger partial charge in [0.1, 0.15) is 0 Å². The fourth-order valence-electron chi connectivity index (χ4n) is 4.13. The second-order valence-corrected chi connectivity index (χ2v) is 7.73. The van der Waals surface area contributed by atoms with Gasteiger partial charge in [-0.25, -0.2) is 0 Å². The van der Waals surface area contributed by atoms with Crippen LogP contribution in [0.3, 0.4) is 0 Å². The van der Waals surface area contributed by atoms with Gasteiger partial charge in [-0.3, -0.25) is 9.78 Å². The van der Waals surface area contributed by atoms with E-state index in [2.05, 4.69) is 32.0 Å². The van der Waals surface area contributed by atoms with Gasteiger partial charge in [-0.1, -0.05) is 11.6 Å². The smallest absolute Gasteiger partial charge is 0.254 e. The van der Waals surface area contributed by atoms with Crippen LogP contribution in [0.4, 0.5) is 0 Å². The summed E-state index contributed by atoms with van der Waals surface area (Å²) in [4.78, 5) is 20.4. The monoisotopic (exact) mass is 337 g/mol. The van der Waals surface area contributed by atoms with Crippen LogP contribution in [0, 0.1) is 13.8 Å². The summed E-state index contributed by atoms with van der Waals surface area (Å²) in [5.41, 5.74) is 11.2. The highest BCUT2D eigenvalue weighted by atomic mass is 16.2. The number of piperidine rings is 1. The van der Waals surface area contributed by atoms with Crippen LogP contribution in [0.15, 0.2) is 18.2 Å². The lowest BCUT2D eigenvalue weighted by molar-refractivity contribution is 0.0625. The number of rotatable bonds is 3. The third-order valence-electron chi connectivity index (χ3n) is 5.65. The highest BCUT2D eigenvalue weighted by Crippen LogP contribution is 2.41. The highest BCUT2D eigenvalue weighted by molar-refractivity contribution is 6.07. The second-order valence-electron chi connectivity index (χ2n) is 7.73. The number of benzene rings is 1. The summed E-state index contributed by atoms with van der Waals surface area (Å²) in [5.74, 6) is 0.665. The molecule has 0 radical (unpaired) electrons. The lowest BCUT2D eigenvalue weighted by atomic mass is 9.97. The molecule has 25 heavy (non-hydrogen) atoms. The molecule has 2 fully saturated rings. The first-order valence-corrected chi connectivity index (χ1v) is 9.51. The molecular weight excluding hydrogens is 310 g/mol. The zero-order valence-corrected chi connectivity index (χ0v) is 15.2. The Balaban J connectivity index is 1.85. The molecule has 0 bridgehead atoms. The van der Waals surface area contributed by atoms with Crippen LogP contribution in [-0.2, 0) is 0 Å². The zero-order chi connectivity index (χ0) is 17.6. The van der Waals surface area contributed by atoms with Crippen molar-refractivity contribution < 1.29 is 4.79 Å². The van der Waals surface area contributed by atoms with Crippen LogP contribution in [-0.4, -0.2) is 34.9 Å². The molecular formula is C21H27N3O. The van der Waals surface area contributed by atoms with Gasteiger partial charge in [0.05, 0.1) is 11.1 Å². The van der Waals surface area contributed by atoms with E-state index in [1.807, 2.05) is 4.90 Å². The quantitative estimate of drug-likeness (QED) is 0.929. The molecule has 1 aromatic heterocycles. The Morgan fingerprint density at radius 3 is 2.72 bits per heavy atom. The first-order valence-electron chi connectivity index (χ1n) is 9.51. The number of nitrogens with zero attached hydrogens (tertiary/aromatic N) is 2. The predicted molar refractivity (Wildman–Crippen MR) is 101 cm³/mol. The number of fused-ring (bicyclic) bond motifs is 1. The molecule has 2 N–H and O–H groups in total. The molecule has 0 spiro atoms. The number of amides is 1. The number of hydrogen-bond acceptors (Lipinski definition) is 3. The first kappa shape index (κ1) is 16.5. The minimum absolute atomic E-state index is 0.134. The van der Waals surface area contributed by atoms with Gasteiger partial charge >= 0.3 is 0 Å². The van der Waals surface area contributed by atoms with E-state index in [-0.39, 0.29) is 11.9 Å². The Morgan fingerprint density at radius 2 is 2.00 bits per heavy atom. The zero-order valence-electron chi connectivity index (χ0n) is 15.2. The van der Waals surface area contributed by atoms with E-state index in [4.69, 9.17) is 10.7 Å². The van der Waals surface area contributed by atoms with Crippen LogP contribution < -0.4 is 5.73 Å². The van der Waals surface area contributed by atoms with Gasteiger partial charge in [-0.15, -0.1) is 0 Å². The molecule has 1 atom stereocenters. The highest BCUT2D eigenvalue weighted by Gasteiger charge is 2.31. The number of aromatic nitrogens is 1. The summed E-state index contributed by atoms with van der Waals surface area (Å²) in [5, 5.41) is 0.994. The van der Waals surface area contributed by atoms with Crippen molar-refractivity contribution in [2.75, 3.05) is 13.1 Å². The third kappa shape index (κ3) is 3.04. The number of likely N-dealkylation sites (tertiary alicyclic amines) is 1. The molecule has 1 saturated carbocycles. The lowest BCUT2D eigenvalue weighted by Crippen LogP contribution is -2.47. The van der Waals surface area contributed by atoms with Crippen LogP contribution in [0.2, 0.25) is 0 Å². The molecule has 2 aromatic rings. The maximum Gasteiger partial charge on any atom is 0.254 e. The van der Waals surface area contributed by atoms with Gasteiger partial charge in [-0.2, -0.15) is 0 Å². The van der Waals surface area contributed by atoms with Crippen molar-refractivity contribution >= 4 is 16.8 Å². The molecule has 2 aliphatic rings. The van der Waals surface area contributed by atoms with Gasteiger partial charge in [0.2, 0.25) is 0 Å². The Bertz CT molecular complexity index is 825. The average Bonchev–Trinajstić information content (AvgIpc) is 3.45. The molecule has 1 aliphatic heterocycles. The molecule has 1 unspecified atom stereocenters. The van der Waals surface area contributed by atoms with E-state index in [1.54, 1.807) is 0 Å². The van der Waals surface area contributed by atoms with E-state index < -0.39 is 0 Å². The standard InChI is InChI=1S/C21H27N3O/c1-13-9-14(2)20-17(10-13)18(11-19(23-20)15-6-7-15)21(25)24-8-4-3-5-16(24)12-22/h9-11,15-16H,3-8,12,22H2,1-2H3. The van der Waals surface area contributed by atoms with Crippen molar-refractivity contribution in [3.05, 3.63) is 40.6 Å². The molecule has 2 heterocycles. The number of pyridine rings is 1. The van der Waals surface area contributed by atoms with Gasteiger partial charge in [0, 0.05) is 36.1 Å². The maximum atomic E-state index is 13.4. The predicted octanol–water partition coefficient (Wildman–Crippen LogP) is 3.68. The van der Waals surface area contributed by atoms with Crippen molar-refractivity contribution in [1.82, 2.24) is 9.88 Å². The van der Waals surface area contributed by atoms with E-state index in [1.165, 1.54) is 18.4 Å². The van der Waals surface area contributed by atoms with Gasteiger partial charge in [-0.05, 0) is 63.6 Å². The largest absolute Gasteiger partial charge is 0.334 e. The fourth-order valence-corrected chi connectivity index (χ4v) is 4.13. The van der Waals surface area contributed by atoms with Gasteiger partial charge < -0.3 is 10.6 Å². The third-order valence-corrected chi connectivity index (χ3v) is 5.65. The van der Waals surface area contributed by atoms with Crippen LogP contribution in [0.1, 0.15) is 65.2 Å². The number of nitrogens with two attached hydrogens (primary N) is 1. The van der Waals surface area contributed by atoms with Crippen molar-refractivity contribution in [1.29, 1.82) is 0 Å². The summed E-state index contributed by atoms with van der Waals surface area (Å²) in [7, 11) is 0. The van der Waals surface area contributed by atoms with Crippen LogP contribution in [0.5, 0.6) is 0 Å². The SMILES string of the molecule is Cc1cc(C)c2nc(C3CC3)cc(C(=O)N3CCCCC3CN)c2c1. The minimum atomic E-state index is 0.134. The molecule has 1 amide bonds.